The Labute approximate surface area is 102 Å². The molecule has 0 unspecified atom stereocenters. The molecule has 2 aromatic rings. The van der Waals surface area contributed by atoms with Gasteiger partial charge in [0.15, 0.2) is 5.82 Å². The van der Waals surface area contributed by atoms with Gasteiger partial charge in [0.05, 0.1) is 0 Å². The van der Waals surface area contributed by atoms with Crippen molar-refractivity contribution < 1.29 is 4.39 Å². The van der Waals surface area contributed by atoms with Gasteiger partial charge in [-0.2, -0.15) is 0 Å². The lowest BCUT2D eigenvalue weighted by Gasteiger charge is -2.10. The molecular weight excluding hydrogens is 271 g/mol. The van der Waals surface area contributed by atoms with E-state index in [4.69, 9.17) is 5.73 Å². The van der Waals surface area contributed by atoms with Crippen LogP contribution in [0.15, 0.2) is 16.6 Å². The number of rotatable bonds is 1. The zero-order valence-electron chi connectivity index (χ0n) is 9.14. The summed E-state index contributed by atoms with van der Waals surface area (Å²) >= 11 is 3.25. The predicted octanol–water partition coefficient (Wildman–Crippen LogP) is 3.59. The third-order valence-electron chi connectivity index (χ3n) is 2.74. The van der Waals surface area contributed by atoms with Gasteiger partial charge in [-0.15, -0.1) is 0 Å². The Balaban J connectivity index is 2.92. The zero-order valence-corrected chi connectivity index (χ0v) is 10.7. The number of nitrogens with two attached hydrogens (primary N) is 1. The molecule has 2 nitrogen and oxygen atoms in total. The third kappa shape index (κ3) is 1.67. The van der Waals surface area contributed by atoms with Crippen molar-refractivity contribution in [1.29, 1.82) is 0 Å². The topological polar surface area (TPSA) is 38.9 Å². The van der Waals surface area contributed by atoms with Gasteiger partial charge >= 0.3 is 0 Å². The number of pyridine rings is 1. The number of nitrogens with zero attached hydrogens (tertiary/aromatic N) is 1. The molecule has 1 aromatic carbocycles. The highest BCUT2D eigenvalue weighted by Crippen LogP contribution is 2.30. The summed E-state index contributed by atoms with van der Waals surface area (Å²) in [6.07, 6.45) is 0.751. The van der Waals surface area contributed by atoms with Gasteiger partial charge < -0.3 is 5.73 Å². The summed E-state index contributed by atoms with van der Waals surface area (Å²) in [6.45, 7) is 3.90. The number of hydrogen-bond donors (Lipinski definition) is 1. The van der Waals surface area contributed by atoms with Crippen LogP contribution in [-0.4, -0.2) is 4.98 Å². The monoisotopic (exact) mass is 282 g/mol. The van der Waals surface area contributed by atoms with Crippen LogP contribution in [0.25, 0.3) is 10.9 Å². The van der Waals surface area contributed by atoms with E-state index in [0.29, 0.717) is 21.1 Å². The molecule has 16 heavy (non-hydrogen) atoms. The molecule has 84 valence electrons. The maximum atomic E-state index is 13.7. The van der Waals surface area contributed by atoms with E-state index >= 15 is 0 Å². The molecule has 1 aromatic heterocycles. The van der Waals surface area contributed by atoms with E-state index in [2.05, 4.69) is 20.9 Å². The van der Waals surface area contributed by atoms with Crippen LogP contribution in [0, 0.1) is 12.7 Å². The van der Waals surface area contributed by atoms with Gasteiger partial charge in [-0.1, -0.05) is 22.9 Å². The van der Waals surface area contributed by atoms with Crippen molar-refractivity contribution in [1.82, 2.24) is 4.98 Å². The molecule has 0 aliphatic rings. The fourth-order valence-electron chi connectivity index (χ4n) is 1.81. The summed E-state index contributed by atoms with van der Waals surface area (Å²) in [5, 5.41) is 0.668. The quantitative estimate of drug-likeness (QED) is 0.868. The average molecular weight is 283 g/mol. The van der Waals surface area contributed by atoms with Crippen LogP contribution < -0.4 is 5.73 Å². The molecule has 0 amide bonds. The molecule has 0 spiro atoms. The van der Waals surface area contributed by atoms with Crippen LogP contribution in [0.3, 0.4) is 0 Å². The highest BCUT2D eigenvalue weighted by molar-refractivity contribution is 9.10. The Bertz CT molecular complexity index is 567. The molecule has 0 radical (unpaired) electrons. The smallest absolute Gasteiger partial charge is 0.150 e. The summed E-state index contributed by atoms with van der Waals surface area (Å²) in [4.78, 5) is 4.32. The number of aryl methyl sites for hydroxylation is 1. The summed E-state index contributed by atoms with van der Waals surface area (Å²) < 4.78 is 14.4. The molecule has 0 aliphatic carbocycles. The normalized spacial score (nSPS) is 11.0. The zero-order chi connectivity index (χ0) is 11.9. The van der Waals surface area contributed by atoms with Crippen LogP contribution in [0.2, 0.25) is 0 Å². The summed E-state index contributed by atoms with van der Waals surface area (Å²) in [6, 6.07) is 3.21. The van der Waals surface area contributed by atoms with Gasteiger partial charge in [0, 0.05) is 21.2 Å². The molecule has 0 saturated carbocycles. The second-order valence-corrected chi connectivity index (χ2v) is 4.65. The van der Waals surface area contributed by atoms with E-state index in [1.807, 2.05) is 13.8 Å². The molecule has 4 heteroatoms. The number of anilines is 1. The lowest BCUT2D eigenvalue weighted by molar-refractivity contribution is 0.635. The minimum absolute atomic E-state index is 0.342. The molecule has 0 aliphatic heterocycles. The van der Waals surface area contributed by atoms with Crippen molar-refractivity contribution >= 4 is 32.5 Å². The lowest BCUT2D eigenvalue weighted by atomic mass is 10.1. The Morgan fingerprint density at radius 2 is 2.12 bits per heavy atom. The van der Waals surface area contributed by atoms with Crippen molar-refractivity contribution in [3.05, 3.63) is 33.7 Å². The van der Waals surface area contributed by atoms with Crippen molar-refractivity contribution in [2.45, 2.75) is 20.3 Å². The average Bonchev–Trinajstić information content (AvgIpc) is 2.24. The van der Waals surface area contributed by atoms with Crippen LogP contribution in [0.5, 0.6) is 0 Å². The summed E-state index contributed by atoms with van der Waals surface area (Å²) in [5.74, 6) is -0.342. The Kier molecular flexibility index (Phi) is 2.84. The highest BCUT2D eigenvalue weighted by Gasteiger charge is 2.12. The van der Waals surface area contributed by atoms with Gasteiger partial charge in [0.1, 0.15) is 5.52 Å². The maximum absolute atomic E-state index is 13.7. The molecule has 0 bridgehead atoms. The molecule has 1 heterocycles. The Morgan fingerprint density at radius 1 is 1.44 bits per heavy atom. The minimum atomic E-state index is -0.342. The number of benzene rings is 1. The van der Waals surface area contributed by atoms with Crippen molar-refractivity contribution in [2.75, 3.05) is 5.73 Å². The van der Waals surface area contributed by atoms with Gasteiger partial charge in [0.2, 0.25) is 0 Å². The van der Waals surface area contributed by atoms with Crippen molar-refractivity contribution in [2.24, 2.45) is 0 Å². The summed E-state index contributed by atoms with van der Waals surface area (Å²) in [5.41, 5.74) is 8.76. The van der Waals surface area contributed by atoms with E-state index in [9.17, 15) is 4.39 Å². The van der Waals surface area contributed by atoms with Crippen molar-refractivity contribution in [3.8, 4) is 0 Å². The van der Waals surface area contributed by atoms with E-state index in [1.165, 1.54) is 6.07 Å². The molecule has 0 fully saturated rings. The van der Waals surface area contributed by atoms with Crippen LogP contribution in [-0.2, 0) is 6.42 Å². The minimum Gasteiger partial charge on any atom is -0.398 e. The predicted molar refractivity (Wildman–Crippen MR) is 67.9 cm³/mol. The molecule has 0 saturated heterocycles. The SMILES string of the molecule is CCc1nc2c(F)cc(Br)cc2c(N)c1C. The molecular formula is C12H12BrFN2. The first kappa shape index (κ1) is 11.3. The largest absolute Gasteiger partial charge is 0.398 e. The molecule has 0 atom stereocenters. The Hall–Kier alpha value is -1.16. The standard InChI is InChI=1S/C12H12BrFN2/c1-3-10-6(2)11(15)8-4-7(13)5-9(14)12(8)16-10/h4-5H,3H2,1-2H3,(H2,15,16). The first-order valence-electron chi connectivity index (χ1n) is 5.08. The van der Waals surface area contributed by atoms with Gasteiger partial charge in [-0.25, -0.2) is 9.37 Å². The molecule has 2 N–H and O–H groups in total. The molecule has 2 rings (SSSR count). The number of aromatic nitrogens is 1. The fourth-order valence-corrected chi connectivity index (χ4v) is 2.24. The first-order valence-corrected chi connectivity index (χ1v) is 5.87. The lowest BCUT2D eigenvalue weighted by Crippen LogP contribution is -2.01. The number of hydrogen-bond acceptors (Lipinski definition) is 2. The second-order valence-electron chi connectivity index (χ2n) is 3.73. The third-order valence-corrected chi connectivity index (χ3v) is 3.19. The van der Waals surface area contributed by atoms with E-state index in [1.54, 1.807) is 6.07 Å². The second kappa shape index (κ2) is 4.01. The fraction of sp³-hybridized carbons (Fsp3) is 0.250. The maximum Gasteiger partial charge on any atom is 0.150 e. The van der Waals surface area contributed by atoms with Crippen LogP contribution >= 0.6 is 15.9 Å². The van der Waals surface area contributed by atoms with Gasteiger partial charge in [-0.05, 0) is 31.0 Å². The van der Waals surface area contributed by atoms with Crippen molar-refractivity contribution in [3.63, 3.8) is 0 Å². The highest BCUT2D eigenvalue weighted by atomic mass is 79.9. The number of fused-ring (bicyclic) bond motifs is 1. The van der Waals surface area contributed by atoms with E-state index in [0.717, 1.165) is 17.7 Å². The van der Waals surface area contributed by atoms with Crippen LogP contribution in [0.1, 0.15) is 18.2 Å². The number of nitrogen functional groups attached to an aromatic ring is 1. The van der Waals surface area contributed by atoms with E-state index < -0.39 is 0 Å². The van der Waals surface area contributed by atoms with E-state index in [-0.39, 0.29) is 5.82 Å². The number of halogens is 2. The van der Waals surface area contributed by atoms with Gasteiger partial charge in [-0.3, -0.25) is 0 Å². The first-order chi connectivity index (χ1) is 7.54. The van der Waals surface area contributed by atoms with Gasteiger partial charge in [0.25, 0.3) is 0 Å². The van der Waals surface area contributed by atoms with Crippen LogP contribution in [0.4, 0.5) is 10.1 Å². The Morgan fingerprint density at radius 3 is 2.75 bits per heavy atom. The summed E-state index contributed by atoms with van der Waals surface area (Å²) in [7, 11) is 0.